The summed E-state index contributed by atoms with van der Waals surface area (Å²) in [6.45, 7) is 8.25. The number of ether oxygens (including phenoxy) is 1. The number of hydrogen-bond acceptors (Lipinski definition) is 5. The van der Waals surface area contributed by atoms with Crippen molar-refractivity contribution in [1.29, 1.82) is 0 Å². The first-order valence-electron chi connectivity index (χ1n) is 7.71. The van der Waals surface area contributed by atoms with E-state index in [-0.39, 0.29) is 23.9 Å². The molecule has 1 aliphatic heterocycles. The van der Waals surface area contributed by atoms with Gasteiger partial charge in [-0.1, -0.05) is 13.8 Å². The predicted octanol–water partition coefficient (Wildman–Crippen LogP) is 1.90. The molecule has 1 aromatic rings. The number of rotatable bonds is 7. The summed E-state index contributed by atoms with van der Waals surface area (Å²) >= 11 is 1.67. The van der Waals surface area contributed by atoms with E-state index in [4.69, 9.17) is 4.74 Å². The van der Waals surface area contributed by atoms with Gasteiger partial charge in [0.1, 0.15) is 5.01 Å². The van der Waals surface area contributed by atoms with E-state index in [1.165, 1.54) is 4.88 Å². The maximum absolute atomic E-state index is 12.4. The Bertz CT molecular complexity index is 464. The molecule has 0 bridgehead atoms. The molecule has 3 unspecified atom stereocenters. The zero-order chi connectivity index (χ0) is 15.2. The number of nitrogens with zero attached hydrogens (tertiary/aromatic N) is 1. The number of nitrogens with one attached hydrogen (secondary N) is 2. The maximum Gasteiger partial charge on any atom is 0.227 e. The van der Waals surface area contributed by atoms with Gasteiger partial charge in [0.25, 0.3) is 0 Å². The Morgan fingerprint density at radius 3 is 3.00 bits per heavy atom. The molecule has 5 nitrogen and oxygen atoms in total. The highest BCUT2D eigenvalue weighted by Crippen LogP contribution is 2.22. The molecule has 2 N–H and O–H groups in total. The molecular formula is C15H25N3O2S. The summed E-state index contributed by atoms with van der Waals surface area (Å²) in [5.41, 5.74) is 0. The fourth-order valence-electron chi connectivity index (χ4n) is 2.41. The smallest absolute Gasteiger partial charge is 0.227 e. The van der Waals surface area contributed by atoms with Crippen LogP contribution in [0.25, 0.3) is 0 Å². The number of aryl methyl sites for hydroxylation is 1. The Balaban J connectivity index is 1.90. The average Bonchev–Trinajstić information content (AvgIpc) is 3.13. The minimum Gasteiger partial charge on any atom is -0.379 e. The van der Waals surface area contributed by atoms with Crippen molar-refractivity contribution < 1.29 is 9.53 Å². The number of thiazole rings is 1. The van der Waals surface area contributed by atoms with E-state index < -0.39 is 0 Å². The Kier molecular flexibility index (Phi) is 6.14. The summed E-state index contributed by atoms with van der Waals surface area (Å²) in [7, 11) is 0. The second-order valence-corrected chi connectivity index (χ2v) is 6.60. The van der Waals surface area contributed by atoms with Crippen LogP contribution in [0.3, 0.4) is 0 Å². The monoisotopic (exact) mass is 311 g/mol. The molecule has 1 amide bonds. The van der Waals surface area contributed by atoms with Gasteiger partial charge in [-0.05, 0) is 26.3 Å². The zero-order valence-corrected chi connectivity index (χ0v) is 13.8. The lowest BCUT2D eigenvalue weighted by atomic mass is 10.0. The lowest BCUT2D eigenvalue weighted by Crippen LogP contribution is -2.44. The fourth-order valence-corrected chi connectivity index (χ4v) is 3.27. The molecule has 1 aromatic heterocycles. The number of carbonyl (C=O) groups is 1. The third kappa shape index (κ3) is 4.25. The summed E-state index contributed by atoms with van der Waals surface area (Å²) in [4.78, 5) is 18.1. The molecule has 2 rings (SSSR count). The molecule has 1 aliphatic rings. The van der Waals surface area contributed by atoms with Crippen LogP contribution in [0.2, 0.25) is 0 Å². The molecule has 0 aliphatic carbocycles. The lowest BCUT2D eigenvalue weighted by molar-refractivity contribution is -0.126. The first-order valence-corrected chi connectivity index (χ1v) is 8.53. The van der Waals surface area contributed by atoms with Crippen LogP contribution in [0, 0.1) is 5.92 Å². The molecule has 21 heavy (non-hydrogen) atoms. The van der Waals surface area contributed by atoms with E-state index in [0.717, 1.165) is 24.4 Å². The van der Waals surface area contributed by atoms with Crippen LogP contribution >= 0.6 is 11.3 Å². The fraction of sp³-hybridized carbons (Fsp3) is 0.733. The third-order valence-electron chi connectivity index (χ3n) is 3.72. The highest BCUT2D eigenvalue weighted by Gasteiger charge is 2.34. The Hall–Kier alpha value is -0.980. The molecule has 3 atom stereocenters. The van der Waals surface area contributed by atoms with Crippen LogP contribution in [0.15, 0.2) is 6.20 Å². The summed E-state index contributed by atoms with van der Waals surface area (Å²) in [5, 5.41) is 7.43. The van der Waals surface area contributed by atoms with Crippen LogP contribution in [0.4, 0.5) is 0 Å². The van der Waals surface area contributed by atoms with Gasteiger partial charge in [-0.25, -0.2) is 4.98 Å². The molecule has 1 saturated heterocycles. The standard InChI is InChI=1S/C15H25N3O2S/c1-4-6-16-13-9-20-8-12(13)14(19)18-10(3)15-17-7-11(5-2)21-15/h7,10,12-13,16H,4-6,8-9H2,1-3H3,(H,18,19). The van der Waals surface area contributed by atoms with Gasteiger partial charge in [0.05, 0.1) is 25.2 Å². The molecule has 0 radical (unpaired) electrons. The highest BCUT2D eigenvalue weighted by atomic mass is 32.1. The van der Waals surface area contributed by atoms with Gasteiger partial charge in [0.2, 0.25) is 5.91 Å². The quantitative estimate of drug-likeness (QED) is 0.807. The van der Waals surface area contributed by atoms with Gasteiger partial charge in [-0.2, -0.15) is 0 Å². The normalized spacial score (nSPS) is 23.2. The summed E-state index contributed by atoms with van der Waals surface area (Å²) < 4.78 is 5.46. The van der Waals surface area contributed by atoms with Crippen molar-refractivity contribution in [2.75, 3.05) is 19.8 Å². The SMILES string of the molecule is CCCNC1COCC1C(=O)NC(C)c1ncc(CC)s1. The second-order valence-electron chi connectivity index (χ2n) is 5.45. The Labute approximate surface area is 130 Å². The molecule has 118 valence electrons. The van der Waals surface area contributed by atoms with E-state index in [1.807, 2.05) is 13.1 Å². The largest absolute Gasteiger partial charge is 0.379 e. The van der Waals surface area contributed by atoms with E-state index in [2.05, 4.69) is 29.5 Å². The number of hydrogen-bond donors (Lipinski definition) is 2. The molecule has 6 heteroatoms. The van der Waals surface area contributed by atoms with Gasteiger partial charge < -0.3 is 15.4 Å². The molecular weight excluding hydrogens is 286 g/mol. The van der Waals surface area contributed by atoms with E-state index in [1.54, 1.807) is 11.3 Å². The zero-order valence-electron chi connectivity index (χ0n) is 13.0. The van der Waals surface area contributed by atoms with E-state index in [0.29, 0.717) is 13.2 Å². The van der Waals surface area contributed by atoms with Crippen molar-refractivity contribution in [3.8, 4) is 0 Å². The van der Waals surface area contributed by atoms with Crippen LogP contribution in [0.5, 0.6) is 0 Å². The van der Waals surface area contributed by atoms with Crippen LogP contribution in [-0.2, 0) is 16.0 Å². The summed E-state index contributed by atoms with van der Waals surface area (Å²) in [5.74, 6) is -0.0496. The first-order chi connectivity index (χ1) is 10.2. The number of amides is 1. The second kappa shape index (κ2) is 7.87. The summed E-state index contributed by atoms with van der Waals surface area (Å²) in [6, 6.07) is 0.0786. The van der Waals surface area contributed by atoms with Crippen molar-refractivity contribution in [2.24, 2.45) is 5.92 Å². The first kappa shape index (κ1) is 16.4. The maximum atomic E-state index is 12.4. The number of carbonyl (C=O) groups excluding carboxylic acids is 1. The van der Waals surface area contributed by atoms with E-state index in [9.17, 15) is 4.79 Å². The topological polar surface area (TPSA) is 63.2 Å². The lowest BCUT2D eigenvalue weighted by Gasteiger charge is -2.20. The predicted molar refractivity (Wildman–Crippen MR) is 84.4 cm³/mol. The van der Waals surface area contributed by atoms with Gasteiger partial charge in [-0.3, -0.25) is 4.79 Å². The van der Waals surface area contributed by atoms with Crippen molar-refractivity contribution in [3.05, 3.63) is 16.1 Å². The van der Waals surface area contributed by atoms with Gasteiger partial charge in [0, 0.05) is 17.1 Å². The molecule has 1 fully saturated rings. The Morgan fingerprint density at radius 1 is 1.52 bits per heavy atom. The van der Waals surface area contributed by atoms with Crippen molar-refractivity contribution in [3.63, 3.8) is 0 Å². The van der Waals surface area contributed by atoms with Gasteiger partial charge >= 0.3 is 0 Å². The molecule has 0 spiro atoms. The molecule has 0 saturated carbocycles. The minimum atomic E-state index is -0.107. The molecule has 0 aromatic carbocycles. The van der Waals surface area contributed by atoms with E-state index >= 15 is 0 Å². The Morgan fingerprint density at radius 2 is 2.33 bits per heavy atom. The number of aromatic nitrogens is 1. The summed E-state index contributed by atoms with van der Waals surface area (Å²) in [6.07, 6.45) is 3.94. The highest BCUT2D eigenvalue weighted by molar-refractivity contribution is 7.11. The molecule has 2 heterocycles. The van der Waals surface area contributed by atoms with Crippen LogP contribution < -0.4 is 10.6 Å². The van der Waals surface area contributed by atoms with Crippen molar-refractivity contribution >= 4 is 17.2 Å². The minimum absolute atomic E-state index is 0.0461. The average molecular weight is 311 g/mol. The van der Waals surface area contributed by atoms with Gasteiger partial charge in [-0.15, -0.1) is 11.3 Å². The van der Waals surface area contributed by atoms with Crippen LogP contribution in [0.1, 0.15) is 43.1 Å². The van der Waals surface area contributed by atoms with Crippen molar-refractivity contribution in [2.45, 2.75) is 45.7 Å². The van der Waals surface area contributed by atoms with Gasteiger partial charge in [0.15, 0.2) is 0 Å². The third-order valence-corrected chi connectivity index (χ3v) is 5.05. The van der Waals surface area contributed by atoms with Crippen LogP contribution in [-0.4, -0.2) is 36.7 Å². The van der Waals surface area contributed by atoms with Crippen molar-refractivity contribution in [1.82, 2.24) is 15.6 Å².